The number of carbonyl (C=O) groups is 1. The van der Waals surface area contributed by atoms with Crippen molar-refractivity contribution in [2.75, 3.05) is 12.4 Å². The van der Waals surface area contributed by atoms with Gasteiger partial charge in [0, 0.05) is 11.8 Å². The smallest absolute Gasteiger partial charge is 0.320 e. The molecule has 0 saturated heterocycles. The van der Waals surface area contributed by atoms with Gasteiger partial charge in [0.05, 0.1) is 25.3 Å². The van der Waals surface area contributed by atoms with Crippen LogP contribution in [0.2, 0.25) is 0 Å². The average molecular weight is 341 g/mol. The van der Waals surface area contributed by atoms with Crippen LogP contribution in [-0.2, 0) is 0 Å². The summed E-state index contributed by atoms with van der Waals surface area (Å²) in [6.45, 7) is 0. The fourth-order valence-corrected chi connectivity index (χ4v) is 2.43. The number of urea groups is 1. The predicted molar refractivity (Wildman–Crippen MR) is 89.9 cm³/mol. The number of anilines is 1. The highest BCUT2D eigenvalue weighted by Crippen LogP contribution is 2.30. The first kappa shape index (κ1) is 16.5. The van der Waals surface area contributed by atoms with Gasteiger partial charge in [-0.2, -0.15) is 0 Å². The number of rotatable bonds is 5. The lowest BCUT2D eigenvalue weighted by Crippen LogP contribution is -2.33. The Kier molecular flexibility index (Phi) is 4.94. The first-order valence-corrected chi connectivity index (χ1v) is 7.52. The van der Waals surface area contributed by atoms with Crippen LogP contribution in [-0.4, -0.2) is 18.1 Å². The average Bonchev–Trinajstić information content (AvgIpc) is 3.16. The SMILES string of the molecule is COc1ccccc1[C@H](NC(=O)Nc1ccncc1F)c1ccco1. The Morgan fingerprint density at radius 2 is 2.08 bits per heavy atom. The number of furan rings is 1. The van der Waals surface area contributed by atoms with Crippen LogP contribution in [0.15, 0.2) is 65.5 Å². The summed E-state index contributed by atoms with van der Waals surface area (Å²) in [6.07, 6.45) is 3.93. The van der Waals surface area contributed by atoms with Crippen molar-refractivity contribution in [2.45, 2.75) is 6.04 Å². The molecular formula is C18H16FN3O3. The maximum atomic E-state index is 13.7. The van der Waals surface area contributed by atoms with E-state index in [9.17, 15) is 9.18 Å². The third kappa shape index (κ3) is 3.77. The third-order valence-corrected chi connectivity index (χ3v) is 3.57. The lowest BCUT2D eigenvalue weighted by molar-refractivity contribution is 0.248. The molecule has 0 saturated carbocycles. The van der Waals surface area contributed by atoms with Crippen molar-refractivity contribution in [1.29, 1.82) is 0 Å². The number of amides is 2. The van der Waals surface area contributed by atoms with Gasteiger partial charge < -0.3 is 19.8 Å². The molecule has 2 N–H and O–H groups in total. The minimum absolute atomic E-state index is 0.0331. The summed E-state index contributed by atoms with van der Waals surface area (Å²) in [6, 6.07) is 10.9. The predicted octanol–water partition coefficient (Wildman–Crippen LogP) is 3.73. The molecule has 0 bridgehead atoms. The molecule has 6 nitrogen and oxygen atoms in total. The van der Waals surface area contributed by atoms with E-state index in [2.05, 4.69) is 15.6 Å². The Morgan fingerprint density at radius 3 is 2.80 bits per heavy atom. The van der Waals surface area contributed by atoms with Crippen LogP contribution in [0.5, 0.6) is 5.75 Å². The van der Waals surface area contributed by atoms with E-state index in [4.69, 9.17) is 9.15 Å². The van der Waals surface area contributed by atoms with E-state index < -0.39 is 17.9 Å². The van der Waals surface area contributed by atoms with Crippen LogP contribution < -0.4 is 15.4 Å². The third-order valence-electron chi connectivity index (χ3n) is 3.57. The number of nitrogens with one attached hydrogen (secondary N) is 2. The number of ether oxygens (including phenoxy) is 1. The van der Waals surface area contributed by atoms with Gasteiger partial charge in [-0.3, -0.25) is 4.98 Å². The minimum Gasteiger partial charge on any atom is -0.496 e. The molecule has 3 rings (SSSR count). The molecule has 1 aromatic carbocycles. The van der Waals surface area contributed by atoms with E-state index in [1.807, 2.05) is 18.2 Å². The summed E-state index contributed by atoms with van der Waals surface area (Å²) < 4.78 is 24.5. The van der Waals surface area contributed by atoms with Crippen molar-refractivity contribution in [3.05, 3.63) is 78.3 Å². The second-order valence-electron chi connectivity index (χ2n) is 5.14. The van der Waals surface area contributed by atoms with E-state index in [1.54, 1.807) is 25.3 Å². The lowest BCUT2D eigenvalue weighted by atomic mass is 10.0. The summed E-state index contributed by atoms with van der Waals surface area (Å²) in [7, 11) is 1.55. The Labute approximate surface area is 143 Å². The topological polar surface area (TPSA) is 76.4 Å². The van der Waals surface area contributed by atoms with Gasteiger partial charge in [0.15, 0.2) is 5.82 Å². The van der Waals surface area contributed by atoms with E-state index in [1.165, 1.54) is 18.5 Å². The van der Waals surface area contributed by atoms with Crippen LogP contribution in [0.1, 0.15) is 17.4 Å². The van der Waals surface area contributed by atoms with Crippen LogP contribution >= 0.6 is 0 Å². The Bertz CT molecular complexity index is 852. The molecule has 2 amide bonds. The number of pyridine rings is 1. The molecule has 3 aromatic rings. The highest BCUT2D eigenvalue weighted by Gasteiger charge is 2.23. The van der Waals surface area contributed by atoms with Gasteiger partial charge >= 0.3 is 6.03 Å². The normalized spacial score (nSPS) is 11.6. The summed E-state index contributed by atoms with van der Waals surface area (Å²) in [5.74, 6) is 0.499. The second kappa shape index (κ2) is 7.48. The number of para-hydroxylation sites is 1. The zero-order chi connectivity index (χ0) is 17.6. The van der Waals surface area contributed by atoms with Crippen LogP contribution in [0.4, 0.5) is 14.9 Å². The highest BCUT2D eigenvalue weighted by molar-refractivity contribution is 5.89. The second-order valence-corrected chi connectivity index (χ2v) is 5.14. The van der Waals surface area contributed by atoms with Gasteiger partial charge in [0.2, 0.25) is 0 Å². The van der Waals surface area contributed by atoms with Crippen molar-refractivity contribution < 1.29 is 18.3 Å². The maximum Gasteiger partial charge on any atom is 0.320 e. The molecule has 0 spiro atoms. The number of nitrogens with zero attached hydrogens (tertiary/aromatic N) is 1. The molecule has 0 unspecified atom stereocenters. The van der Waals surface area contributed by atoms with Gasteiger partial charge in [-0.05, 0) is 24.3 Å². The number of hydrogen-bond acceptors (Lipinski definition) is 4. The van der Waals surface area contributed by atoms with Gasteiger partial charge in [0.25, 0.3) is 0 Å². The van der Waals surface area contributed by atoms with Crippen molar-refractivity contribution in [1.82, 2.24) is 10.3 Å². The van der Waals surface area contributed by atoms with E-state index >= 15 is 0 Å². The minimum atomic E-state index is -0.621. The molecular weight excluding hydrogens is 325 g/mol. The first-order valence-electron chi connectivity index (χ1n) is 7.52. The first-order chi connectivity index (χ1) is 12.2. The quantitative estimate of drug-likeness (QED) is 0.741. The molecule has 7 heteroatoms. The number of carbonyl (C=O) groups excluding carboxylic acids is 1. The summed E-state index contributed by atoms with van der Waals surface area (Å²) >= 11 is 0. The molecule has 0 radical (unpaired) electrons. The highest BCUT2D eigenvalue weighted by atomic mass is 19.1. The fraction of sp³-hybridized carbons (Fsp3) is 0.111. The Balaban J connectivity index is 1.86. The monoisotopic (exact) mass is 341 g/mol. The zero-order valence-electron chi connectivity index (χ0n) is 13.4. The number of methoxy groups -OCH3 is 1. The number of hydrogen-bond donors (Lipinski definition) is 2. The molecule has 2 aromatic heterocycles. The molecule has 0 aliphatic carbocycles. The van der Waals surface area contributed by atoms with Crippen molar-refractivity contribution in [3.63, 3.8) is 0 Å². The number of benzene rings is 1. The van der Waals surface area contributed by atoms with Crippen molar-refractivity contribution in [3.8, 4) is 5.75 Å². The fourth-order valence-electron chi connectivity index (χ4n) is 2.43. The van der Waals surface area contributed by atoms with Crippen molar-refractivity contribution in [2.24, 2.45) is 0 Å². The van der Waals surface area contributed by atoms with Gasteiger partial charge in [-0.15, -0.1) is 0 Å². The number of aromatic nitrogens is 1. The lowest BCUT2D eigenvalue weighted by Gasteiger charge is -2.20. The van der Waals surface area contributed by atoms with E-state index in [0.29, 0.717) is 17.1 Å². The van der Waals surface area contributed by atoms with E-state index in [-0.39, 0.29) is 5.69 Å². The Morgan fingerprint density at radius 1 is 1.24 bits per heavy atom. The van der Waals surface area contributed by atoms with Gasteiger partial charge in [-0.1, -0.05) is 18.2 Å². The number of halogens is 1. The summed E-state index contributed by atoms with van der Waals surface area (Å²) in [5.41, 5.74) is 0.746. The van der Waals surface area contributed by atoms with Crippen LogP contribution in [0.25, 0.3) is 0 Å². The van der Waals surface area contributed by atoms with E-state index in [0.717, 1.165) is 6.20 Å². The molecule has 2 heterocycles. The molecule has 25 heavy (non-hydrogen) atoms. The molecule has 1 atom stereocenters. The molecule has 0 aliphatic heterocycles. The van der Waals surface area contributed by atoms with Crippen LogP contribution in [0.3, 0.4) is 0 Å². The largest absolute Gasteiger partial charge is 0.496 e. The molecule has 0 fully saturated rings. The van der Waals surface area contributed by atoms with Gasteiger partial charge in [0.1, 0.15) is 17.6 Å². The van der Waals surface area contributed by atoms with Crippen LogP contribution in [0, 0.1) is 5.82 Å². The molecule has 128 valence electrons. The van der Waals surface area contributed by atoms with Crippen molar-refractivity contribution >= 4 is 11.7 Å². The zero-order valence-corrected chi connectivity index (χ0v) is 13.4. The Hall–Kier alpha value is -3.35. The molecule has 0 aliphatic rings. The maximum absolute atomic E-state index is 13.7. The van der Waals surface area contributed by atoms with Gasteiger partial charge in [-0.25, -0.2) is 9.18 Å². The standard InChI is InChI=1S/C18H16FN3O3/c1-24-15-6-3-2-5-12(15)17(16-7-4-10-25-16)22-18(23)21-14-8-9-20-11-13(14)19/h2-11,17H,1H3,(H2,20,21,22,23)/t17-/m0/s1. The summed E-state index contributed by atoms with van der Waals surface area (Å²) in [5, 5.41) is 5.24. The summed E-state index contributed by atoms with van der Waals surface area (Å²) in [4.78, 5) is 16.0.